The predicted molar refractivity (Wildman–Crippen MR) is 70.2 cm³/mol. The average Bonchev–Trinajstić information content (AvgIpc) is 2.78. The first-order valence-corrected chi connectivity index (χ1v) is 6.21. The first kappa shape index (κ1) is 11.9. The summed E-state index contributed by atoms with van der Waals surface area (Å²) in [6, 6.07) is 5.77. The first-order valence-electron chi connectivity index (χ1n) is 5.39. The van der Waals surface area contributed by atoms with E-state index in [1.54, 1.807) is 6.20 Å². The van der Waals surface area contributed by atoms with Crippen LogP contribution in [-0.2, 0) is 0 Å². The summed E-state index contributed by atoms with van der Waals surface area (Å²) in [7, 11) is 4.09. The van der Waals surface area contributed by atoms with Gasteiger partial charge in [0.25, 0.3) is 0 Å². The van der Waals surface area contributed by atoms with Crippen LogP contribution in [0, 0.1) is 0 Å². The number of rotatable bonds is 5. The Morgan fingerprint density at radius 2 is 2.18 bits per heavy atom. The number of aromatic nitrogens is 3. The summed E-state index contributed by atoms with van der Waals surface area (Å²) >= 11 is 1.52. The highest BCUT2D eigenvalue weighted by Gasteiger charge is 2.06. The molecule has 0 amide bonds. The summed E-state index contributed by atoms with van der Waals surface area (Å²) in [5, 5.41) is 13.1. The van der Waals surface area contributed by atoms with Crippen LogP contribution in [0.2, 0.25) is 0 Å². The molecule has 17 heavy (non-hydrogen) atoms. The number of nitrogens with zero attached hydrogens (tertiary/aromatic N) is 4. The molecule has 0 aromatic carbocycles. The Morgan fingerprint density at radius 1 is 1.29 bits per heavy atom. The smallest absolute Gasteiger partial charge is 0.206 e. The molecule has 0 aliphatic rings. The molecular formula is C11H15N5S. The van der Waals surface area contributed by atoms with E-state index in [4.69, 9.17) is 0 Å². The van der Waals surface area contributed by atoms with Gasteiger partial charge in [-0.05, 0) is 26.2 Å². The van der Waals surface area contributed by atoms with Gasteiger partial charge in [-0.1, -0.05) is 17.4 Å². The molecule has 5 nitrogen and oxygen atoms in total. The highest BCUT2D eigenvalue weighted by atomic mass is 32.1. The van der Waals surface area contributed by atoms with Crippen molar-refractivity contribution in [2.45, 2.75) is 0 Å². The zero-order valence-corrected chi connectivity index (χ0v) is 10.7. The predicted octanol–water partition coefficient (Wildman–Crippen LogP) is 1.57. The van der Waals surface area contributed by atoms with Crippen molar-refractivity contribution in [3.63, 3.8) is 0 Å². The maximum absolute atomic E-state index is 4.24. The minimum atomic E-state index is 0.840. The number of anilines is 1. The molecule has 0 unspecified atom stereocenters. The van der Waals surface area contributed by atoms with Crippen LogP contribution in [-0.4, -0.2) is 47.3 Å². The number of nitrogens with one attached hydrogen (secondary N) is 1. The quantitative estimate of drug-likeness (QED) is 0.871. The third-order valence-corrected chi connectivity index (χ3v) is 3.05. The van der Waals surface area contributed by atoms with E-state index in [0.717, 1.165) is 28.9 Å². The van der Waals surface area contributed by atoms with E-state index in [0.29, 0.717) is 0 Å². The summed E-state index contributed by atoms with van der Waals surface area (Å²) in [4.78, 5) is 6.36. The molecule has 2 aromatic rings. The van der Waals surface area contributed by atoms with Crippen molar-refractivity contribution in [3.05, 3.63) is 24.4 Å². The number of hydrogen-bond donors (Lipinski definition) is 1. The van der Waals surface area contributed by atoms with E-state index in [1.165, 1.54) is 11.3 Å². The van der Waals surface area contributed by atoms with Crippen LogP contribution in [0.3, 0.4) is 0 Å². The van der Waals surface area contributed by atoms with Gasteiger partial charge in [-0.3, -0.25) is 4.98 Å². The maximum atomic E-state index is 4.24. The molecule has 0 atom stereocenters. The van der Waals surface area contributed by atoms with Crippen molar-refractivity contribution in [3.8, 4) is 10.7 Å². The third-order valence-electron chi connectivity index (χ3n) is 2.14. The van der Waals surface area contributed by atoms with Gasteiger partial charge >= 0.3 is 0 Å². The van der Waals surface area contributed by atoms with E-state index >= 15 is 0 Å². The molecule has 2 aromatic heterocycles. The summed E-state index contributed by atoms with van der Waals surface area (Å²) in [5.41, 5.74) is 0.866. The van der Waals surface area contributed by atoms with Crippen molar-refractivity contribution in [1.29, 1.82) is 0 Å². The second-order valence-electron chi connectivity index (χ2n) is 3.86. The minimum absolute atomic E-state index is 0.840. The second-order valence-corrected chi connectivity index (χ2v) is 4.83. The largest absolute Gasteiger partial charge is 0.359 e. The van der Waals surface area contributed by atoms with Gasteiger partial charge in [0.1, 0.15) is 5.69 Å². The minimum Gasteiger partial charge on any atom is -0.359 e. The Balaban J connectivity index is 1.97. The molecule has 90 valence electrons. The molecule has 6 heteroatoms. The van der Waals surface area contributed by atoms with Gasteiger partial charge in [0, 0.05) is 19.3 Å². The Labute approximate surface area is 105 Å². The van der Waals surface area contributed by atoms with Crippen molar-refractivity contribution >= 4 is 16.5 Å². The van der Waals surface area contributed by atoms with Crippen LogP contribution in [0.1, 0.15) is 0 Å². The third kappa shape index (κ3) is 3.47. The SMILES string of the molecule is CN(C)CCNc1nnc(-c2ccccn2)s1. The molecule has 1 N–H and O–H groups in total. The molecule has 0 saturated heterocycles. The molecule has 0 radical (unpaired) electrons. The Morgan fingerprint density at radius 3 is 2.88 bits per heavy atom. The summed E-state index contributed by atoms with van der Waals surface area (Å²) in [5.74, 6) is 0. The molecular weight excluding hydrogens is 234 g/mol. The normalized spacial score (nSPS) is 10.8. The van der Waals surface area contributed by atoms with Crippen molar-refractivity contribution in [1.82, 2.24) is 20.1 Å². The molecule has 0 aliphatic carbocycles. The maximum Gasteiger partial charge on any atom is 0.206 e. The van der Waals surface area contributed by atoms with Crippen LogP contribution >= 0.6 is 11.3 Å². The zero-order valence-electron chi connectivity index (χ0n) is 9.92. The van der Waals surface area contributed by atoms with Gasteiger partial charge in [-0.2, -0.15) is 0 Å². The second kappa shape index (κ2) is 5.70. The Hall–Kier alpha value is -1.53. The van der Waals surface area contributed by atoms with Crippen molar-refractivity contribution < 1.29 is 0 Å². The fourth-order valence-electron chi connectivity index (χ4n) is 1.27. The lowest BCUT2D eigenvalue weighted by Crippen LogP contribution is -2.20. The lowest BCUT2D eigenvalue weighted by molar-refractivity contribution is 0.425. The summed E-state index contributed by atoms with van der Waals surface area (Å²) < 4.78 is 0. The Bertz CT molecular complexity index is 454. The van der Waals surface area contributed by atoms with Gasteiger partial charge in [0.2, 0.25) is 5.13 Å². The molecule has 0 spiro atoms. The van der Waals surface area contributed by atoms with E-state index in [-0.39, 0.29) is 0 Å². The van der Waals surface area contributed by atoms with Gasteiger partial charge in [-0.25, -0.2) is 0 Å². The Kier molecular flexibility index (Phi) is 4.00. The lowest BCUT2D eigenvalue weighted by Gasteiger charge is -2.08. The lowest BCUT2D eigenvalue weighted by atomic mass is 10.4. The van der Waals surface area contributed by atoms with Crippen LogP contribution in [0.5, 0.6) is 0 Å². The van der Waals surface area contributed by atoms with Crippen molar-refractivity contribution in [2.75, 3.05) is 32.5 Å². The molecule has 0 bridgehead atoms. The highest BCUT2D eigenvalue weighted by molar-refractivity contribution is 7.18. The molecule has 2 heterocycles. The summed E-state index contributed by atoms with van der Waals surface area (Å²) in [6.45, 7) is 1.84. The van der Waals surface area contributed by atoms with E-state index < -0.39 is 0 Å². The number of pyridine rings is 1. The standard InChI is InChI=1S/C11H15N5S/c1-16(2)8-7-13-11-15-14-10(17-11)9-5-3-4-6-12-9/h3-6H,7-8H2,1-2H3,(H,13,15). The molecule has 0 saturated carbocycles. The van der Waals surface area contributed by atoms with Gasteiger partial charge in [0.05, 0.1) is 0 Å². The molecule has 0 aliphatic heterocycles. The monoisotopic (exact) mass is 249 g/mol. The van der Waals surface area contributed by atoms with E-state index in [1.807, 2.05) is 32.3 Å². The fourth-order valence-corrected chi connectivity index (χ4v) is 2.02. The zero-order chi connectivity index (χ0) is 12.1. The first-order chi connectivity index (χ1) is 8.25. The van der Waals surface area contributed by atoms with E-state index in [9.17, 15) is 0 Å². The highest BCUT2D eigenvalue weighted by Crippen LogP contribution is 2.23. The molecule has 2 rings (SSSR count). The van der Waals surface area contributed by atoms with Gasteiger partial charge < -0.3 is 10.2 Å². The number of hydrogen-bond acceptors (Lipinski definition) is 6. The van der Waals surface area contributed by atoms with Crippen molar-refractivity contribution in [2.24, 2.45) is 0 Å². The fraction of sp³-hybridized carbons (Fsp3) is 0.364. The average molecular weight is 249 g/mol. The van der Waals surface area contributed by atoms with Crippen LogP contribution in [0.25, 0.3) is 10.7 Å². The van der Waals surface area contributed by atoms with Gasteiger partial charge in [0.15, 0.2) is 5.01 Å². The summed E-state index contributed by atoms with van der Waals surface area (Å²) in [6.07, 6.45) is 1.76. The van der Waals surface area contributed by atoms with Crippen LogP contribution in [0.15, 0.2) is 24.4 Å². The number of likely N-dealkylation sites (N-methyl/N-ethyl adjacent to an activating group) is 1. The van der Waals surface area contributed by atoms with Crippen LogP contribution in [0.4, 0.5) is 5.13 Å². The van der Waals surface area contributed by atoms with Crippen LogP contribution < -0.4 is 5.32 Å². The van der Waals surface area contributed by atoms with Gasteiger partial charge in [-0.15, -0.1) is 10.2 Å². The topological polar surface area (TPSA) is 53.9 Å². The van der Waals surface area contributed by atoms with E-state index in [2.05, 4.69) is 25.4 Å². The molecule has 0 fully saturated rings.